The Morgan fingerprint density at radius 3 is 2.81 bits per heavy atom. The summed E-state index contributed by atoms with van der Waals surface area (Å²) in [5.41, 5.74) is 5.23. The van der Waals surface area contributed by atoms with Gasteiger partial charge in [-0.25, -0.2) is 4.98 Å². The van der Waals surface area contributed by atoms with Gasteiger partial charge in [0, 0.05) is 24.9 Å². The number of unbranched alkanes of at least 4 members (excludes halogenated alkanes) is 1. The van der Waals surface area contributed by atoms with Gasteiger partial charge >= 0.3 is 0 Å². The molecule has 2 amide bonds. The van der Waals surface area contributed by atoms with Crippen LogP contribution in [0.4, 0.5) is 5.82 Å². The minimum absolute atomic E-state index is 0.134. The number of nitrogens with two attached hydrogens (primary N) is 1. The third-order valence-electron chi connectivity index (χ3n) is 2.81. The van der Waals surface area contributed by atoms with Crippen LogP contribution < -0.4 is 16.4 Å². The molecule has 0 aliphatic rings. The highest BCUT2D eigenvalue weighted by Crippen LogP contribution is 2.03. The summed E-state index contributed by atoms with van der Waals surface area (Å²) in [6.07, 6.45) is 5.59. The van der Waals surface area contributed by atoms with E-state index in [-0.39, 0.29) is 5.91 Å². The third-order valence-corrected chi connectivity index (χ3v) is 3.48. The summed E-state index contributed by atoms with van der Waals surface area (Å²) in [6.45, 7) is 0.758. The number of rotatable bonds is 10. The number of thioether (sulfide) groups is 1. The van der Waals surface area contributed by atoms with E-state index in [0.29, 0.717) is 12.2 Å². The van der Waals surface area contributed by atoms with Crippen LogP contribution in [0.2, 0.25) is 0 Å². The molecular weight excluding hydrogens is 288 g/mol. The fourth-order valence-electron chi connectivity index (χ4n) is 1.72. The van der Waals surface area contributed by atoms with E-state index in [4.69, 9.17) is 5.73 Å². The van der Waals surface area contributed by atoms with Crippen molar-refractivity contribution in [1.29, 1.82) is 0 Å². The molecule has 1 aromatic rings. The number of amides is 2. The number of nitrogens with zero attached hydrogens (tertiary/aromatic N) is 1. The lowest BCUT2D eigenvalue weighted by atomic mass is 10.2. The molecule has 1 rings (SSSR count). The van der Waals surface area contributed by atoms with E-state index in [9.17, 15) is 9.59 Å². The maximum atomic E-state index is 11.7. The number of nitrogens with one attached hydrogen (secondary N) is 2. The van der Waals surface area contributed by atoms with Crippen LogP contribution in [-0.2, 0) is 9.59 Å². The van der Waals surface area contributed by atoms with E-state index < -0.39 is 11.9 Å². The van der Waals surface area contributed by atoms with Crippen molar-refractivity contribution in [3.63, 3.8) is 0 Å². The molecule has 7 heteroatoms. The van der Waals surface area contributed by atoms with E-state index in [1.54, 1.807) is 6.20 Å². The first-order chi connectivity index (χ1) is 10.1. The van der Waals surface area contributed by atoms with Gasteiger partial charge in [0.15, 0.2) is 0 Å². The van der Waals surface area contributed by atoms with Crippen molar-refractivity contribution in [3.8, 4) is 0 Å². The molecule has 21 heavy (non-hydrogen) atoms. The fraction of sp³-hybridized carbons (Fsp3) is 0.500. The molecule has 6 nitrogen and oxygen atoms in total. The summed E-state index contributed by atoms with van der Waals surface area (Å²) in [5, 5.41) is 5.84. The fourth-order valence-corrected chi connectivity index (χ4v) is 2.30. The van der Waals surface area contributed by atoms with Gasteiger partial charge in [-0.2, -0.15) is 11.8 Å². The Balaban J connectivity index is 2.14. The number of primary amides is 1. The Bertz CT molecular complexity index is 442. The highest BCUT2D eigenvalue weighted by molar-refractivity contribution is 7.98. The molecule has 0 aliphatic carbocycles. The first-order valence-electron chi connectivity index (χ1n) is 6.86. The molecule has 1 heterocycles. The molecule has 1 atom stereocenters. The SMILES string of the molecule is CSC[C@@H](NC(=O)CCCCNc1ccccn1)C(N)=O. The molecule has 116 valence electrons. The van der Waals surface area contributed by atoms with Gasteiger partial charge in [0.05, 0.1) is 0 Å². The number of aromatic nitrogens is 1. The summed E-state index contributed by atoms with van der Waals surface area (Å²) in [7, 11) is 0. The smallest absolute Gasteiger partial charge is 0.240 e. The maximum absolute atomic E-state index is 11.7. The summed E-state index contributed by atoms with van der Waals surface area (Å²) in [5.74, 6) is 0.707. The molecule has 1 aromatic heterocycles. The van der Waals surface area contributed by atoms with Crippen molar-refractivity contribution in [1.82, 2.24) is 10.3 Å². The molecule has 0 bridgehead atoms. The summed E-state index contributed by atoms with van der Waals surface area (Å²) < 4.78 is 0. The van der Waals surface area contributed by atoms with Crippen LogP contribution in [0.5, 0.6) is 0 Å². The number of carbonyl (C=O) groups excluding carboxylic acids is 2. The van der Waals surface area contributed by atoms with Crippen LogP contribution in [0.15, 0.2) is 24.4 Å². The Labute approximate surface area is 129 Å². The summed E-state index contributed by atoms with van der Waals surface area (Å²) in [6, 6.07) is 5.09. The lowest BCUT2D eigenvalue weighted by Gasteiger charge is -2.14. The van der Waals surface area contributed by atoms with E-state index in [1.165, 1.54) is 11.8 Å². The zero-order valence-electron chi connectivity index (χ0n) is 12.2. The summed E-state index contributed by atoms with van der Waals surface area (Å²) >= 11 is 1.48. The van der Waals surface area contributed by atoms with Crippen LogP contribution in [0.3, 0.4) is 0 Å². The molecule has 0 radical (unpaired) electrons. The van der Waals surface area contributed by atoms with Crippen LogP contribution in [0, 0.1) is 0 Å². The Morgan fingerprint density at radius 1 is 1.38 bits per heavy atom. The second-order valence-electron chi connectivity index (χ2n) is 4.58. The molecule has 0 spiro atoms. The van der Waals surface area contributed by atoms with Crippen molar-refractivity contribution in [2.75, 3.05) is 23.9 Å². The van der Waals surface area contributed by atoms with Gasteiger partial charge in [0.1, 0.15) is 11.9 Å². The van der Waals surface area contributed by atoms with Gasteiger partial charge in [-0.1, -0.05) is 6.07 Å². The van der Waals surface area contributed by atoms with Crippen molar-refractivity contribution in [2.24, 2.45) is 5.73 Å². The lowest BCUT2D eigenvalue weighted by molar-refractivity contribution is -0.126. The van der Waals surface area contributed by atoms with Crippen LogP contribution in [0.1, 0.15) is 19.3 Å². The Morgan fingerprint density at radius 2 is 2.19 bits per heavy atom. The van der Waals surface area contributed by atoms with Crippen molar-refractivity contribution >= 4 is 29.4 Å². The van der Waals surface area contributed by atoms with Gasteiger partial charge in [0.25, 0.3) is 0 Å². The highest BCUT2D eigenvalue weighted by atomic mass is 32.2. The molecular formula is C14H22N4O2S. The van der Waals surface area contributed by atoms with Crippen LogP contribution in [0.25, 0.3) is 0 Å². The molecule has 0 aromatic carbocycles. The van der Waals surface area contributed by atoms with Gasteiger partial charge < -0.3 is 16.4 Å². The van der Waals surface area contributed by atoms with Crippen molar-refractivity contribution in [2.45, 2.75) is 25.3 Å². The van der Waals surface area contributed by atoms with Gasteiger partial charge in [-0.15, -0.1) is 0 Å². The summed E-state index contributed by atoms with van der Waals surface area (Å²) in [4.78, 5) is 27.0. The second kappa shape index (κ2) is 10.0. The average molecular weight is 310 g/mol. The van der Waals surface area contributed by atoms with Gasteiger partial charge in [0.2, 0.25) is 11.8 Å². The van der Waals surface area contributed by atoms with Crippen molar-refractivity contribution in [3.05, 3.63) is 24.4 Å². The second-order valence-corrected chi connectivity index (χ2v) is 5.49. The molecule has 0 saturated heterocycles. The van der Waals surface area contributed by atoms with Crippen LogP contribution in [-0.4, -0.2) is 41.4 Å². The highest BCUT2D eigenvalue weighted by Gasteiger charge is 2.16. The number of hydrogen-bond acceptors (Lipinski definition) is 5. The Kier molecular flexibility index (Phi) is 8.27. The minimum atomic E-state index is -0.584. The first kappa shape index (κ1) is 17.3. The van der Waals surface area contributed by atoms with E-state index >= 15 is 0 Å². The molecule has 4 N–H and O–H groups in total. The average Bonchev–Trinajstić information content (AvgIpc) is 2.47. The molecule has 0 fully saturated rings. The zero-order valence-corrected chi connectivity index (χ0v) is 13.0. The van der Waals surface area contributed by atoms with Gasteiger partial charge in [-0.05, 0) is 31.2 Å². The van der Waals surface area contributed by atoms with Crippen molar-refractivity contribution < 1.29 is 9.59 Å². The predicted molar refractivity (Wildman–Crippen MR) is 86.1 cm³/mol. The Hall–Kier alpha value is -1.76. The van der Waals surface area contributed by atoms with E-state index in [2.05, 4.69) is 15.6 Å². The predicted octanol–water partition coefficient (Wildman–Crippen LogP) is 0.997. The molecule has 0 saturated carbocycles. The normalized spacial score (nSPS) is 11.7. The molecule has 0 unspecified atom stereocenters. The number of anilines is 1. The zero-order chi connectivity index (χ0) is 15.5. The number of pyridine rings is 1. The first-order valence-corrected chi connectivity index (χ1v) is 8.25. The monoisotopic (exact) mass is 310 g/mol. The number of carbonyl (C=O) groups is 2. The lowest BCUT2D eigenvalue weighted by Crippen LogP contribution is -2.46. The quantitative estimate of drug-likeness (QED) is 0.560. The largest absolute Gasteiger partial charge is 0.370 e. The van der Waals surface area contributed by atoms with E-state index in [0.717, 1.165) is 25.2 Å². The topological polar surface area (TPSA) is 97.1 Å². The van der Waals surface area contributed by atoms with E-state index in [1.807, 2.05) is 24.5 Å². The minimum Gasteiger partial charge on any atom is -0.370 e. The van der Waals surface area contributed by atoms with Crippen LogP contribution >= 0.6 is 11.8 Å². The van der Waals surface area contributed by atoms with Gasteiger partial charge in [-0.3, -0.25) is 9.59 Å². The standard InChI is InChI=1S/C14H22N4O2S/c1-21-10-11(14(15)20)18-13(19)7-3-5-9-17-12-6-2-4-8-16-12/h2,4,6,8,11H,3,5,7,9-10H2,1H3,(H2,15,20)(H,16,17)(H,18,19)/t11-/m1/s1. The number of hydrogen-bond donors (Lipinski definition) is 3. The molecule has 0 aliphatic heterocycles. The third kappa shape index (κ3) is 7.55. The maximum Gasteiger partial charge on any atom is 0.240 e.